The van der Waals surface area contributed by atoms with Crippen molar-refractivity contribution in [1.82, 2.24) is 29.9 Å². The molecule has 0 spiro atoms. The molecule has 2 aromatic rings. The zero-order valence-electron chi connectivity index (χ0n) is 11.1. The zero-order valence-corrected chi connectivity index (χ0v) is 11.1. The minimum absolute atomic E-state index is 0.117. The minimum Gasteiger partial charge on any atom is -0.371 e. The van der Waals surface area contributed by atoms with Crippen molar-refractivity contribution >= 4 is 17.8 Å². The number of aromatic amines is 3. The Hall–Kier alpha value is -3.22. The van der Waals surface area contributed by atoms with Crippen LogP contribution in [0.25, 0.3) is 0 Å². The van der Waals surface area contributed by atoms with Crippen LogP contribution >= 0.6 is 0 Å². The number of nitrogen functional groups attached to an aromatic ring is 2. The van der Waals surface area contributed by atoms with Gasteiger partial charge in [0.05, 0.1) is 12.7 Å². The van der Waals surface area contributed by atoms with E-state index in [0.717, 1.165) is 6.61 Å². The Labute approximate surface area is 121 Å². The van der Waals surface area contributed by atoms with Crippen molar-refractivity contribution in [3.8, 4) is 0 Å². The van der Waals surface area contributed by atoms with Crippen LogP contribution in [0.15, 0.2) is 14.4 Å². The third kappa shape index (κ3) is 5.04. The van der Waals surface area contributed by atoms with E-state index in [4.69, 9.17) is 16.2 Å². The summed E-state index contributed by atoms with van der Waals surface area (Å²) in [4.78, 5) is 47.2. The van der Waals surface area contributed by atoms with Gasteiger partial charge in [-0.2, -0.15) is 15.0 Å². The molecule has 22 heavy (non-hydrogen) atoms. The largest absolute Gasteiger partial charge is 0.371 e. The van der Waals surface area contributed by atoms with E-state index in [-0.39, 0.29) is 18.0 Å². The number of anilines is 3. The molecular weight excluding hydrogens is 298 g/mol. The van der Waals surface area contributed by atoms with E-state index in [1.165, 1.54) is 0 Å². The smallest absolute Gasteiger partial charge is 0.330 e. The Morgan fingerprint density at radius 2 is 1.45 bits per heavy atom. The molecule has 13 heteroatoms. The fourth-order valence-electron chi connectivity index (χ4n) is 1.28. The van der Waals surface area contributed by atoms with Gasteiger partial charge < -0.3 is 21.5 Å². The third-order valence-electron chi connectivity index (χ3n) is 2.24. The van der Waals surface area contributed by atoms with Crippen LogP contribution in [-0.4, -0.2) is 49.2 Å². The summed E-state index contributed by atoms with van der Waals surface area (Å²) in [5, 5.41) is 2.94. The summed E-state index contributed by atoms with van der Waals surface area (Å²) >= 11 is 0. The van der Waals surface area contributed by atoms with Crippen molar-refractivity contribution in [3.05, 3.63) is 31.5 Å². The predicted octanol–water partition coefficient (Wildman–Crippen LogP) is -3.40. The fraction of sp³-hybridized carbons (Fsp3) is 0.333. The number of nitrogens with two attached hydrogens (primary N) is 2. The van der Waals surface area contributed by atoms with E-state index in [0.29, 0.717) is 12.5 Å². The number of hydrogen-bond acceptors (Lipinski definition) is 10. The van der Waals surface area contributed by atoms with Gasteiger partial charge in [0.25, 0.3) is 0 Å². The highest BCUT2D eigenvalue weighted by Crippen LogP contribution is 2.10. The van der Waals surface area contributed by atoms with E-state index in [1.807, 2.05) is 0 Å². The Morgan fingerprint density at radius 1 is 1.00 bits per heavy atom. The highest BCUT2D eigenvalue weighted by molar-refractivity contribution is 5.37. The molecule has 1 unspecified atom stereocenters. The van der Waals surface area contributed by atoms with Gasteiger partial charge in [-0.05, 0) is 0 Å². The average Bonchev–Trinajstić information content (AvgIpc) is 3.18. The first-order chi connectivity index (χ1) is 10.4. The standard InChI is InChI=1S/C6H10N6O.C3H3N3O3/c7-4-10-5(8)12-6(11-4)9-1-3-2-13-3;7-1-4-2(8)6-3(9)5-1/h3H,1-2H2,(H5,7,8,9,10,11,12);(H3,4,5,6,7,8,9). The quantitative estimate of drug-likeness (QED) is 0.309. The fourth-order valence-corrected chi connectivity index (χ4v) is 1.28. The van der Waals surface area contributed by atoms with E-state index in [1.54, 1.807) is 15.0 Å². The van der Waals surface area contributed by atoms with E-state index in [9.17, 15) is 14.4 Å². The molecule has 0 bridgehead atoms. The number of H-pyrrole nitrogens is 3. The Kier molecular flexibility index (Phi) is 4.47. The molecule has 2 aromatic heterocycles. The minimum atomic E-state index is -0.802. The second kappa shape index (κ2) is 6.49. The first-order valence-corrected chi connectivity index (χ1v) is 5.98. The molecule has 8 N–H and O–H groups in total. The monoisotopic (exact) mass is 311 g/mol. The summed E-state index contributed by atoms with van der Waals surface area (Å²) in [5.74, 6) is 0.624. The molecule has 3 heterocycles. The first kappa shape index (κ1) is 15.2. The van der Waals surface area contributed by atoms with Crippen molar-refractivity contribution < 1.29 is 4.74 Å². The molecular formula is C9H13N9O4. The lowest BCUT2D eigenvalue weighted by atomic mass is 10.5. The second-order valence-electron chi connectivity index (χ2n) is 4.07. The van der Waals surface area contributed by atoms with Gasteiger partial charge >= 0.3 is 17.1 Å². The molecule has 1 fully saturated rings. The van der Waals surface area contributed by atoms with Crippen LogP contribution in [0.5, 0.6) is 0 Å². The van der Waals surface area contributed by atoms with Crippen molar-refractivity contribution in [2.24, 2.45) is 0 Å². The summed E-state index contributed by atoms with van der Waals surface area (Å²) in [5.41, 5.74) is 8.33. The highest BCUT2D eigenvalue weighted by Gasteiger charge is 2.22. The van der Waals surface area contributed by atoms with Crippen molar-refractivity contribution in [2.45, 2.75) is 6.10 Å². The lowest BCUT2D eigenvalue weighted by Gasteiger charge is -2.02. The van der Waals surface area contributed by atoms with Crippen LogP contribution in [0.4, 0.5) is 17.8 Å². The molecule has 0 aromatic carbocycles. The van der Waals surface area contributed by atoms with E-state index >= 15 is 0 Å². The molecule has 1 atom stereocenters. The molecule has 0 radical (unpaired) electrons. The number of rotatable bonds is 3. The molecule has 13 nitrogen and oxygen atoms in total. The molecule has 3 rings (SSSR count). The lowest BCUT2D eigenvalue weighted by molar-refractivity contribution is 0.416. The maximum absolute atomic E-state index is 10.2. The Balaban J connectivity index is 0.000000172. The van der Waals surface area contributed by atoms with Crippen LogP contribution in [0.3, 0.4) is 0 Å². The van der Waals surface area contributed by atoms with Gasteiger partial charge in [0.1, 0.15) is 0 Å². The van der Waals surface area contributed by atoms with Gasteiger partial charge in [-0.15, -0.1) is 0 Å². The first-order valence-electron chi connectivity index (χ1n) is 5.98. The van der Waals surface area contributed by atoms with Crippen molar-refractivity contribution in [2.75, 3.05) is 29.9 Å². The van der Waals surface area contributed by atoms with Crippen LogP contribution < -0.4 is 33.9 Å². The maximum atomic E-state index is 10.2. The van der Waals surface area contributed by atoms with Crippen LogP contribution in [-0.2, 0) is 4.74 Å². The Bertz CT molecular complexity index is 707. The lowest BCUT2D eigenvalue weighted by Crippen LogP contribution is -2.34. The highest BCUT2D eigenvalue weighted by atomic mass is 16.6. The Morgan fingerprint density at radius 3 is 1.86 bits per heavy atom. The van der Waals surface area contributed by atoms with Gasteiger partial charge in [-0.25, -0.2) is 14.4 Å². The topological polar surface area (TPSA) is 214 Å². The third-order valence-corrected chi connectivity index (χ3v) is 2.24. The van der Waals surface area contributed by atoms with E-state index in [2.05, 4.69) is 20.3 Å². The van der Waals surface area contributed by atoms with Gasteiger partial charge in [0.2, 0.25) is 17.8 Å². The summed E-state index contributed by atoms with van der Waals surface area (Å²) in [7, 11) is 0. The number of ether oxygens (including phenoxy) is 1. The molecule has 1 aliphatic rings. The van der Waals surface area contributed by atoms with Gasteiger partial charge in [0, 0.05) is 6.54 Å². The van der Waals surface area contributed by atoms with Gasteiger partial charge in [-0.3, -0.25) is 15.0 Å². The molecule has 1 saturated heterocycles. The maximum Gasteiger partial charge on any atom is 0.330 e. The summed E-state index contributed by atoms with van der Waals surface area (Å²) in [6.07, 6.45) is 0.263. The number of epoxide rings is 1. The number of nitrogens with zero attached hydrogens (tertiary/aromatic N) is 3. The van der Waals surface area contributed by atoms with Gasteiger partial charge in [0.15, 0.2) is 0 Å². The van der Waals surface area contributed by atoms with Crippen molar-refractivity contribution in [3.63, 3.8) is 0 Å². The summed E-state index contributed by atoms with van der Waals surface area (Å²) < 4.78 is 4.99. The normalized spacial score (nSPS) is 15.5. The summed E-state index contributed by atoms with van der Waals surface area (Å²) in [6, 6.07) is 0. The molecule has 0 saturated carbocycles. The molecule has 118 valence electrons. The molecule has 0 amide bonds. The molecule has 1 aliphatic heterocycles. The number of nitrogens with one attached hydrogen (secondary N) is 4. The van der Waals surface area contributed by atoms with Crippen LogP contribution in [0.2, 0.25) is 0 Å². The van der Waals surface area contributed by atoms with Crippen molar-refractivity contribution in [1.29, 1.82) is 0 Å². The van der Waals surface area contributed by atoms with Crippen LogP contribution in [0.1, 0.15) is 0 Å². The average molecular weight is 311 g/mol. The number of aromatic nitrogens is 6. The van der Waals surface area contributed by atoms with Gasteiger partial charge in [-0.1, -0.05) is 0 Å². The number of hydrogen-bond donors (Lipinski definition) is 6. The summed E-state index contributed by atoms with van der Waals surface area (Å²) in [6.45, 7) is 1.45. The van der Waals surface area contributed by atoms with Crippen LogP contribution in [0, 0.1) is 0 Å². The van der Waals surface area contributed by atoms with E-state index < -0.39 is 17.1 Å². The second-order valence-corrected chi connectivity index (χ2v) is 4.07. The molecule has 0 aliphatic carbocycles. The zero-order chi connectivity index (χ0) is 16.1. The SMILES string of the molecule is Nc1nc(N)nc(NCC2CO2)n1.O=c1[nH]c(=O)[nH]c(=O)[nH]1. The predicted molar refractivity (Wildman–Crippen MR) is 75.2 cm³/mol.